The first-order chi connectivity index (χ1) is 12.7. The minimum atomic E-state index is 0.702. The molecule has 146 valence electrons. The summed E-state index contributed by atoms with van der Waals surface area (Å²) in [4.78, 5) is 9.16. The van der Waals surface area contributed by atoms with Gasteiger partial charge in [0.1, 0.15) is 0 Å². The molecule has 2 N–H and O–H groups in total. The lowest BCUT2D eigenvalue weighted by molar-refractivity contribution is 0.152. The van der Waals surface area contributed by atoms with Crippen molar-refractivity contribution in [2.24, 2.45) is 4.99 Å². The van der Waals surface area contributed by atoms with Gasteiger partial charge in [0.05, 0.1) is 6.61 Å². The number of piperazine rings is 1. The molecule has 2 rings (SSSR count). The number of aliphatic imine (C=N–C) groups is 1. The summed E-state index contributed by atoms with van der Waals surface area (Å²) in [6, 6.07) is 8.12. The van der Waals surface area contributed by atoms with Crippen molar-refractivity contribution >= 4 is 23.2 Å². The van der Waals surface area contributed by atoms with Gasteiger partial charge in [0.15, 0.2) is 5.96 Å². The number of halogens is 1. The molecule has 0 atom stereocenters. The summed E-state index contributed by atoms with van der Waals surface area (Å²) in [5.74, 6) is 0.843. The molecule has 0 amide bonds. The third-order valence-corrected chi connectivity index (χ3v) is 4.69. The number of guanidine groups is 1. The van der Waals surface area contributed by atoms with Crippen molar-refractivity contribution in [2.75, 3.05) is 71.0 Å². The first kappa shape index (κ1) is 20.8. The largest absolute Gasteiger partial charge is 0.380 e. The van der Waals surface area contributed by atoms with Gasteiger partial charge in [0.25, 0.3) is 0 Å². The van der Waals surface area contributed by atoms with E-state index in [9.17, 15) is 0 Å². The van der Waals surface area contributed by atoms with Crippen molar-refractivity contribution < 1.29 is 4.74 Å². The zero-order valence-corrected chi connectivity index (χ0v) is 16.8. The van der Waals surface area contributed by atoms with Crippen LogP contribution in [0.2, 0.25) is 5.02 Å². The van der Waals surface area contributed by atoms with Crippen LogP contribution in [0.15, 0.2) is 29.3 Å². The van der Waals surface area contributed by atoms with Crippen LogP contribution in [0.4, 0.5) is 5.69 Å². The average molecular weight is 382 g/mol. The Kier molecular flexibility index (Phi) is 9.60. The minimum absolute atomic E-state index is 0.702. The molecule has 0 spiro atoms. The Hall–Kier alpha value is -1.50. The van der Waals surface area contributed by atoms with Gasteiger partial charge in [0, 0.05) is 63.6 Å². The van der Waals surface area contributed by atoms with E-state index in [2.05, 4.69) is 31.5 Å². The lowest BCUT2D eigenvalue weighted by Crippen LogP contribution is -2.47. The van der Waals surface area contributed by atoms with Gasteiger partial charge in [-0.05, 0) is 38.1 Å². The number of hydrogen-bond donors (Lipinski definition) is 2. The summed E-state index contributed by atoms with van der Waals surface area (Å²) in [5, 5.41) is 7.42. The normalized spacial score (nSPS) is 16.0. The van der Waals surface area contributed by atoms with Crippen LogP contribution in [0.25, 0.3) is 0 Å². The van der Waals surface area contributed by atoms with Crippen LogP contribution >= 0.6 is 11.6 Å². The van der Waals surface area contributed by atoms with Gasteiger partial charge in [-0.1, -0.05) is 17.7 Å². The number of hydrogen-bond acceptors (Lipinski definition) is 4. The van der Waals surface area contributed by atoms with Gasteiger partial charge in [-0.2, -0.15) is 0 Å². The highest BCUT2D eigenvalue weighted by Gasteiger charge is 2.16. The summed E-state index contributed by atoms with van der Waals surface area (Å²) in [5.41, 5.74) is 1.22. The maximum Gasteiger partial charge on any atom is 0.191 e. The van der Waals surface area contributed by atoms with Crippen LogP contribution in [-0.2, 0) is 4.74 Å². The molecule has 7 heteroatoms. The molecule has 0 unspecified atom stereocenters. The summed E-state index contributed by atoms with van der Waals surface area (Å²) in [6.45, 7) is 10.5. The Morgan fingerprint density at radius 3 is 2.65 bits per heavy atom. The van der Waals surface area contributed by atoms with E-state index in [-0.39, 0.29) is 0 Å². The quantitative estimate of drug-likeness (QED) is 0.389. The smallest absolute Gasteiger partial charge is 0.191 e. The standard InChI is InChI=1S/C19H32ClN5O/c1-3-26-15-9-23-19(21-2)22-8-5-10-24-11-13-25(14-12-24)18-7-4-6-17(20)16-18/h4,6-7,16H,3,5,8-15H2,1-2H3,(H2,21,22,23). The monoisotopic (exact) mass is 381 g/mol. The zero-order valence-electron chi connectivity index (χ0n) is 16.0. The minimum Gasteiger partial charge on any atom is -0.380 e. The van der Waals surface area contributed by atoms with E-state index >= 15 is 0 Å². The Morgan fingerprint density at radius 1 is 1.19 bits per heavy atom. The fourth-order valence-electron chi connectivity index (χ4n) is 3.02. The molecule has 1 aromatic rings. The number of ether oxygens (including phenoxy) is 1. The fraction of sp³-hybridized carbons (Fsp3) is 0.632. The summed E-state index contributed by atoms with van der Waals surface area (Å²) < 4.78 is 5.32. The van der Waals surface area contributed by atoms with Gasteiger partial charge in [-0.3, -0.25) is 9.89 Å². The second-order valence-corrected chi connectivity index (χ2v) is 6.72. The molecule has 0 aliphatic carbocycles. The number of nitrogens with zero attached hydrogens (tertiary/aromatic N) is 3. The van der Waals surface area contributed by atoms with Crippen molar-refractivity contribution in [3.05, 3.63) is 29.3 Å². The van der Waals surface area contributed by atoms with E-state index in [0.29, 0.717) is 6.61 Å². The molecule has 0 aromatic heterocycles. The van der Waals surface area contributed by atoms with E-state index in [1.807, 2.05) is 25.1 Å². The molecule has 0 bridgehead atoms. The molecule has 1 aliphatic rings. The van der Waals surface area contributed by atoms with E-state index in [1.54, 1.807) is 7.05 Å². The maximum absolute atomic E-state index is 6.10. The van der Waals surface area contributed by atoms with Crippen LogP contribution in [0.5, 0.6) is 0 Å². The molecule has 0 saturated carbocycles. The molecule has 0 radical (unpaired) electrons. The van der Waals surface area contributed by atoms with Crippen molar-refractivity contribution in [3.63, 3.8) is 0 Å². The SMILES string of the molecule is CCOCCNC(=NC)NCCCN1CCN(c2cccc(Cl)c2)CC1. The van der Waals surface area contributed by atoms with Crippen LogP contribution in [0.1, 0.15) is 13.3 Å². The highest BCUT2D eigenvalue weighted by molar-refractivity contribution is 6.30. The number of nitrogens with one attached hydrogen (secondary N) is 2. The first-order valence-electron chi connectivity index (χ1n) is 9.48. The van der Waals surface area contributed by atoms with Crippen molar-refractivity contribution in [1.82, 2.24) is 15.5 Å². The molecule has 1 fully saturated rings. The van der Waals surface area contributed by atoms with Gasteiger partial charge in [-0.15, -0.1) is 0 Å². The molecule has 1 saturated heterocycles. The van der Waals surface area contributed by atoms with Crippen molar-refractivity contribution in [2.45, 2.75) is 13.3 Å². The van der Waals surface area contributed by atoms with Crippen molar-refractivity contribution in [3.8, 4) is 0 Å². The van der Waals surface area contributed by atoms with E-state index in [0.717, 1.165) is 69.8 Å². The topological polar surface area (TPSA) is 52.1 Å². The number of rotatable bonds is 9. The highest BCUT2D eigenvalue weighted by Crippen LogP contribution is 2.20. The Labute approximate surface area is 162 Å². The summed E-state index contributed by atoms with van der Waals surface area (Å²) in [6.07, 6.45) is 1.10. The summed E-state index contributed by atoms with van der Waals surface area (Å²) >= 11 is 6.10. The zero-order chi connectivity index (χ0) is 18.6. The summed E-state index contributed by atoms with van der Waals surface area (Å²) in [7, 11) is 1.80. The van der Waals surface area contributed by atoms with Crippen LogP contribution < -0.4 is 15.5 Å². The second kappa shape index (κ2) is 12.0. The maximum atomic E-state index is 6.10. The second-order valence-electron chi connectivity index (χ2n) is 6.28. The van der Waals surface area contributed by atoms with E-state index in [4.69, 9.17) is 16.3 Å². The van der Waals surface area contributed by atoms with Gasteiger partial charge < -0.3 is 20.3 Å². The molecule has 6 nitrogen and oxygen atoms in total. The van der Waals surface area contributed by atoms with Crippen LogP contribution in [-0.4, -0.2) is 76.9 Å². The Morgan fingerprint density at radius 2 is 1.96 bits per heavy atom. The molecule has 1 aliphatic heterocycles. The lowest BCUT2D eigenvalue weighted by atomic mass is 10.2. The third-order valence-electron chi connectivity index (χ3n) is 4.46. The molecule has 26 heavy (non-hydrogen) atoms. The predicted octanol–water partition coefficient (Wildman–Crippen LogP) is 2.05. The Balaban J connectivity index is 1.58. The molecular weight excluding hydrogens is 350 g/mol. The van der Waals surface area contributed by atoms with Crippen LogP contribution in [0.3, 0.4) is 0 Å². The number of anilines is 1. The van der Waals surface area contributed by atoms with Gasteiger partial charge in [-0.25, -0.2) is 0 Å². The highest BCUT2D eigenvalue weighted by atomic mass is 35.5. The molecule has 1 aromatic carbocycles. The van der Waals surface area contributed by atoms with E-state index in [1.165, 1.54) is 5.69 Å². The van der Waals surface area contributed by atoms with Gasteiger partial charge in [0.2, 0.25) is 0 Å². The predicted molar refractivity (Wildman–Crippen MR) is 111 cm³/mol. The van der Waals surface area contributed by atoms with Crippen LogP contribution in [0, 0.1) is 0 Å². The van der Waals surface area contributed by atoms with Crippen molar-refractivity contribution in [1.29, 1.82) is 0 Å². The fourth-order valence-corrected chi connectivity index (χ4v) is 3.20. The Bertz CT molecular complexity index is 546. The lowest BCUT2D eigenvalue weighted by Gasteiger charge is -2.36. The average Bonchev–Trinajstić information content (AvgIpc) is 2.67. The first-order valence-corrected chi connectivity index (χ1v) is 9.86. The van der Waals surface area contributed by atoms with E-state index < -0.39 is 0 Å². The molecule has 1 heterocycles. The number of benzene rings is 1. The van der Waals surface area contributed by atoms with Gasteiger partial charge >= 0.3 is 0 Å². The molecular formula is C19H32ClN5O. The third kappa shape index (κ3) is 7.40.